The summed E-state index contributed by atoms with van der Waals surface area (Å²) in [5, 5.41) is 9.11. The van der Waals surface area contributed by atoms with Crippen LogP contribution in [-0.4, -0.2) is 0 Å². The lowest BCUT2D eigenvalue weighted by molar-refractivity contribution is 1.69. The fraction of sp³-hybridized carbons (Fsp3) is 0. The van der Waals surface area contributed by atoms with Gasteiger partial charge in [-0.05, 0) is 62.6 Å². The fourth-order valence-electron chi connectivity index (χ4n) is 4.66. The van der Waals surface area contributed by atoms with E-state index in [1.54, 1.807) is 0 Å². The number of benzene rings is 6. The summed E-state index contributed by atoms with van der Waals surface area (Å²) in [7, 11) is -0.739. The normalized spacial score (nSPS) is 11.3. The molecule has 0 N–H and O–H groups in total. The van der Waals surface area contributed by atoms with Crippen LogP contribution in [-0.2, 0) is 0 Å². The second kappa shape index (κ2) is 8.66. The van der Waals surface area contributed by atoms with Crippen LogP contribution >= 0.6 is 7.92 Å². The quantitative estimate of drug-likeness (QED) is 0.256. The van der Waals surface area contributed by atoms with Crippen molar-refractivity contribution in [3.63, 3.8) is 0 Å². The third kappa shape index (κ3) is 3.63. The van der Waals surface area contributed by atoms with Crippen LogP contribution in [0.25, 0.3) is 32.7 Å². The number of hydrogen-bond acceptors (Lipinski definition) is 0. The first-order valence-electron chi connectivity index (χ1n) is 11.2. The standard InChI is InChI=1S/C32H22P/c1-3-15-26(16-4-1)33(27-17-5-2-6-18-27)31-23-22-25-13-8-10-20-29(25)32(31)30-21-11-14-24-12-7-9-19-28(24)30/h1-20,22-23H. The van der Waals surface area contributed by atoms with Gasteiger partial charge in [-0.15, -0.1) is 0 Å². The van der Waals surface area contributed by atoms with Crippen LogP contribution in [0.3, 0.4) is 0 Å². The first-order chi connectivity index (χ1) is 16.4. The largest absolute Gasteiger partial charge is 0.0622 e. The predicted molar refractivity (Wildman–Crippen MR) is 144 cm³/mol. The van der Waals surface area contributed by atoms with Crippen molar-refractivity contribution in [2.75, 3.05) is 0 Å². The average Bonchev–Trinajstić information content (AvgIpc) is 2.90. The Hall–Kier alpha value is -3.73. The van der Waals surface area contributed by atoms with Gasteiger partial charge in [-0.3, -0.25) is 0 Å². The molecule has 1 heteroatoms. The minimum absolute atomic E-state index is 0.739. The highest BCUT2D eigenvalue weighted by Gasteiger charge is 2.22. The average molecular weight is 438 g/mol. The third-order valence-electron chi connectivity index (χ3n) is 6.15. The molecule has 0 aliphatic rings. The molecule has 0 aromatic heterocycles. The van der Waals surface area contributed by atoms with Gasteiger partial charge in [0.15, 0.2) is 0 Å². The Bertz CT molecular complexity index is 1510. The van der Waals surface area contributed by atoms with Gasteiger partial charge in [-0.25, -0.2) is 0 Å². The maximum Gasteiger partial charge on any atom is -0.000924 e. The molecule has 0 nitrogen and oxygen atoms in total. The van der Waals surface area contributed by atoms with Crippen LogP contribution in [0.4, 0.5) is 0 Å². The third-order valence-corrected chi connectivity index (χ3v) is 8.63. The Morgan fingerprint density at radius 2 is 1.00 bits per heavy atom. The Kier molecular flexibility index (Phi) is 5.23. The molecule has 6 aromatic carbocycles. The molecule has 6 aromatic rings. The first kappa shape index (κ1) is 19.9. The van der Waals surface area contributed by atoms with E-state index in [1.165, 1.54) is 48.6 Å². The van der Waals surface area contributed by atoms with Crippen molar-refractivity contribution in [1.82, 2.24) is 0 Å². The number of fused-ring (bicyclic) bond motifs is 2. The summed E-state index contributed by atoms with van der Waals surface area (Å²) in [6.07, 6.45) is 0. The van der Waals surface area contributed by atoms with Crippen molar-refractivity contribution in [3.8, 4) is 11.1 Å². The maximum absolute atomic E-state index is 3.63. The molecule has 0 heterocycles. The van der Waals surface area contributed by atoms with Gasteiger partial charge in [0, 0.05) is 0 Å². The Morgan fingerprint density at radius 1 is 0.455 bits per heavy atom. The smallest absolute Gasteiger partial charge is 0.000924 e. The van der Waals surface area contributed by atoms with E-state index in [0.29, 0.717) is 0 Å². The molecular weight excluding hydrogens is 415 g/mol. The predicted octanol–water partition coefficient (Wildman–Crippen LogP) is 7.22. The second-order valence-electron chi connectivity index (χ2n) is 8.13. The minimum Gasteiger partial charge on any atom is -0.0622 e. The van der Waals surface area contributed by atoms with Crippen LogP contribution in [0.1, 0.15) is 0 Å². The monoisotopic (exact) mass is 437 g/mol. The van der Waals surface area contributed by atoms with Crippen LogP contribution in [0.5, 0.6) is 0 Å². The van der Waals surface area contributed by atoms with Crippen LogP contribution in [0, 0.1) is 6.07 Å². The van der Waals surface area contributed by atoms with E-state index in [9.17, 15) is 0 Å². The number of rotatable bonds is 4. The lowest BCUT2D eigenvalue weighted by atomic mass is 9.94. The molecule has 1 radical (unpaired) electrons. The highest BCUT2D eigenvalue weighted by molar-refractivity contribution is 7.80. The molecule has 155 valence electrons. The molecular formula is C32H22P. The van der Waals surface area contributed by atoms with Gasteiger partial charge in [-0.1, -0.05) is 133 Å². The molecule has 0 aliphatic heterocycles. The zero-order valence-corrected chi connectivity index (χ0v) is 19.0. The molecule has 0 aliphatic carbocycles. The molecule has 0 bridgehead atoms. The minimum atomic E-state index is -0.739. The van der Waals surface area contributed by atoms with E-state index in [-0.39, 0.29) is 0 Å². The number of hydrogen-bond donors (Lipinski definition) is 0. The zero-order chi connectivity index (χ0) is 22.0. The van der Waals surface area contributed by atoms with Gasteiger partial charge >= 0.3 is 0 Å². The van der Waals surface area contributed by atoms with Crippen LogP contribution < -0.4 is 15.9 Å². The summed E-state index contributed by atoms with van der Waals surface area (Å²) in [5.41, 5.74) is 2.47. The van der Waals surface area contributed by atoms with E-state index in [2.05, 4.69) is 140 Å². The van der Waals surface area contributed by atoms with Gasteiger partial charge in [-0.2, -0.15) is 0 Å². The van der Waals surface area contributed by atoms with E-state index < -0.39 is 7.92 Å². The Balaban J connectivity index is 1.73. The van der Waals surface area contributed by atoms with Gasteiger partial charge in [0.05, 0.1) is 0 Å². The van der Waals surface area contributed by atoms with Crippen LogP contribution in [0.15, 0.2) is 133 Å². The summed E-state index contributed by atoms with van der Waals surface area (Å²) in [6.45, 7) is 0. The Morgan fingerprint density at radius 3 is 1.67 bits per heavy atom. The maximum atomic E-state index is 3.63. The Labute approximate surface area is 195 Å². The van der Waals surface area contributed by atoms with Crippen molar-refractivity contribution >= 4 is 45.4 Å². The van der Waals surface area contributed by atoms with E-state index in [0.717, 1.165) is 0 Å². The SMILES string of the molecule is [c]1ccc2ccccc2c1-c1c(P(c2ccccc2)c2ccccc2)ccc2ccccc12. The molecule has 6 rings (SSSR count). The van der Waals surface area contributed by atoms with Gasteiger partial charge in [0.1, 0.15) is 0 Å². The highest BCUT2D eigenvalue weighted by Crippen LogP contribution is 2.41. The van der Waals surface area contributed by atoms with Crippen molar-refractivity contribution in [3.05, 3.63) is 140 Å². The molecule has 0 unspecified atom stereocenters. The fourth-order valence-corrected chi connectivity index (χ4v) is 7.13. The molecule has 0 spiro atoms. The van der Waals surface area contributed by atoms with Crippen molar-refractivity contribution in [2.45, 2.75) is 0 Å². The zero-order valence-electron chi connectivity index (χ0n) is 18.1. The van der Waals surface area contributed by atoms with E-state index >= 15 is 0 Å². The summed E-state index contributed by atoms with van der Waals surface area (Å²) in [5.74, 6) is 0. The molecule has 33 heavy (non-hydrogen) atoms. The summed E-state index contributed by atoms with van der Waals surface area (Å²) >= 11 is 0. The lowest BCUT2D eigenvalue weighted by Gasteiger charge is -2.24. The van der Waals surface area contributed by atoms with E-state index in [4.69, 9.17) is 0 Å². The van der Waals surface area contributed by atoms with Crippen molar-refractivity contribution < 1.29 is 0 Å². The van der Waals surface area contributed by atoms with Crippen molar-refractivity contribution in [1.29, 1.82) is 0 Å². The summed E-state index contributed by atoms with van der Waals surface area (Å²) in [4.78, 5) is 0. The van der Waals surface area contributed by atoms with Crippen molar-refractivity contribution in [2.24, 2.45) is 0 Å². The molecule has 0 saturated carbocycles. The van der Waals surface area contributed by atoms with Gasteiger partial charge in [0.2, 0.25) is 0 Å². The van der Waals surface area contributed by atoms with Gasteiger partial charge < -0.3 is 0 Å². The summed E-state index contributed by atoms with van der Waals surface area (Å²) < 4.78 is 0. The first-order valence-corrected chi connectivity index (χ1v) is 12.6. The second-order valence-corrected chi connectivity index (χ2v) is 10.3. The summed E-state index contributed by atoms with van der Waals surface area (Å²) in [6, 6.07) is 51.7. The van der Waals surface area contributed by atoms with Gasteiger partial charge in [0.25, 0.3) is 0 Å². The lowest BCUT2D eigenvalue weighted by Crippen LogP contribution is -2.22. The van der Waals surface area contributed by atoms with E-state index in [1.807, 2.05) is 0 Å². The molecule has 0 atom stereocenters. The molecule has 0 amide bonds. The topological polar surface area (TPSA) is 0 Å². The molecule has 0 fully saturated rings. The highest BCUT2D eigenvalue weighted by atomic mass is 31.1. The van der Waals surface area contributed by atoms with Crippen LogP contribution in [0.2, 0.25) is 0 Å². The molecule has 0 saturated heterocycles.